The fourth-order valence-electron chi connectivity index (χ4n) is 5.11. The van der Waals surface area contributed by atoms with Crippen molar-refractivity contribution in [3.8, 4) is 16.9 Å². The summed E-state index contributed by atoms with van der Waals surface area (Å²) in [5.41, 5.74) is 9.00. The van der Waals surface area contributed by atoms with E-state index in [1.165, 1.54) is 39.3 Å². The Kier molecular flexibility index (Phi) is 2.68. The summed E-state index contributed by atoms with van der Waals surface area (Å²) < 4.78 is 2.44. The highest BCUT2D eigenvalue weighted by Gasteiger charge is 2.46. The summed E-state index contributed by atoms with van der Waals surface area (Å²) >= 11 is 0. The van der Waals surface area contributed by atoms with Gasteiger partial charge in [-0.05, 0) is 23.8 Å². The second kappa shape index (κ2) is 4.80. The quantitative estimate of drug-likeness (QED) is 0.474. The topological polar surface area (TPSA) is 4.93 Å². The van der Waals surface area contributed by atoms with Crippen molar-refractivity contribution in [2.24, 2.45) is 5.41 Å². The molecule has 2 aromatic carbocycles. The van der Waals surface area contributed by atoms with Gasteiger partial charge in [-0.3, -0.25) is 0 Å². The van der Waals surface area contributed by atoms with Gasteiger partial charge in [0.2, 0.25) is 0 Å². The number of benzene rings is 2. The third-order valence-corrected chi connectivity index (χ3v) is 6.93. The summed E-state index contributed by atoms with van der Waals surface area (Å²) in [5, 5.41) is 0. The monoisotopic (exact) mass is 347 g/mol. The average molecular weight is 347 g/mol. The molecule has 130 valence electrons. The molecule has 3 aliphatic rings. The summed E-state index contributed by atoms with van der Waals surface area (Å²) in [6.45, 7) is 4.74. The van der Waals surface area contributed by atoms with Crippen molar-refractivity contribution in [3.05, 3.63) is 95.2 Å². The fourth-order valence-corrected chi connectivity index (χ4v) is 5.11. The molecular weight excluding hydrogens is 326 g/mol. The number of hydrogen-bond donors (Lipinski definition) is 0. The van der Waals surface area contributed by atoms with Gasteiger partial charge >= 0.3 is 0 Å². The summed E-state index contributed by atoms with van der Waals surface area (Å²) in [7, 11) is 0. The van der Waals surface area contributed by atoms with Crippen LogP contribution in [-0.4, -0.2) is 4.57 Å². The number of fused-ring (bicyclic) bond motifs is 6. The lowest BCUT2D eigenvalue weighted by Gasteiger charge is -2.42. The highest BCUT2D eigenvalue weighted by Crippen LogP contribution is 2.56. The van der Waals surface area contributed by atoms with E-state index >= 15 is 0 Å². The lowest BCUT2D eigenvalue weighted by atomic mass is 9.61. The first-order valence-corrected chi connectivity index (χ1v) is 9.64. The Morgan fingerprint density at radius 1 is 0.704 bits per heavy atom. The Balaban J connectivity index is 1.89. The summed E-state index contributed by atoms with van der Waals surface area (Å²) in [6, 6.07) is 19.7. The van der Waals surface area contributed by atoms with Crippen molar-refractivity contribution >= 4 is 18.2 Å². The van der Waals surface area contributed by atoms with Crippen LogP contribution in [0.5, 0.6) is 0 Å². The summed E-state index contributed by atoms with van der Waals surface area (Å²) in [4.78, 5) is 0. The molecule has 0 fully saturated rings. The molecule has 0 spiro atoms. The zero-order valence-corrected chi connectivity index (χ0v) is 15.6. The van der Waals surface area contributed by atoms with E-state index in [1.54, 1.807) is 0 Å². The van der Waals surface area contributed by atoms with Crippen LogP contribution in [0.4, 0.5) is 0 Å². The molecule has 27 heavy (non-hydrogen) atoms. The maximum absolute atomic E-state index is 2.44. The first-order chi connectivity index (χ1) is 13.1. The van der Waals surface area contributed by atoms with Gasteiger partial charge in [-0.2, -0.15) is 0 Å². The maximum atomic E-state index is 2.44. The first-order valence-electron chi connectivity index (χ1n) is 9.64. The molecule has 3 aliphatic carbocycles. The fraction of sp³-hybridized carbons (Fsp3) is 0.154. The van der Waals surface area contributed by atoms with Gasteiger partial charge in [0, 0.05) is 33.2 Å². The van der Waals surface area contributed by atoms with Crippen LogP contribution in [0.1, 0.15) is 36.2 Å². The van der Waals surface area contributed by atoms with E-state index in [-0.39, 0.29) is 10.8 Å². The van der Waals surface area contributed by atoms with Crippen LogP contribution >= 0.6 is 0 Å². The van der Waals surface area contributed by atoms with Crippen molar-refractivity contribution in [3.63, 3.8) is 0 Å². The zero-order valence-electron chi connectivity index (χ0n) is 15.6. The molecule has 1 aromatic heterocycles. The van der Waals surface area contributed by atoms with Gasteiger partial charge in [0.05, 0.1) is 11.4 Å². The van der Waals surface area contributed by atoms with E-state index in [4.69, 9.17) is 0 Å². The van der Waals surface area contributed by atoms with Crippen LogP contribution in [0.15, 0.2) is 72.8 Å². The van der Waals surface area contributed by atoms with Gasteiger partial charge in [-0.15, -0.1) is 0 Å². The molecule has 0 radical (unpaired) electrons. The molecule has 1 nitrogen and oxygen atoms in total. The molecule has 4 bridgehead atoms. The Bertz CT molecular complexity index is 1190. The van der Waals surface area contributed by atoms with Gasteiger partial charge in [0.25, 0.3) is 0 Å². The molecular formula is C26H21N. The number of hydrogen-bond acceptors (Lipinski definition) is 0. The van der Waals surface area contributed by atoms with Gasteiger partial charge in [0.1, 0.15) is 0 Å². The highest BCUT2D eigenvalue weighted by molar-refractivity contribution is 5.92. The van der Waals surface area contributed by atoms with Crippen molar-refractivity contribution in [2.45, 2.75) is 19.3 Å². The van der Waals surface area contributed by atoms with E-state index in [0.29, 0.717) is 0 Å². The van der Waals surface area contributed by atoms with Crippen molar-refractivity contribution < 1.29 is 0 Å². The van der Waals surface area contributed by atoms with E-state index in [2.05, 4.69) is 109 Å². The largest absolute Gasteiger partial charge is 0.309 e. The van der Waals surface area contributed by atoms with Crippen LogP contribution in [-0.2, 0) is 5.41 Å². The van der Waals surface area contributed by atoms with Gasteiger partial charge < -0.3 is 4.57 Å². The van der Waals surface area contributed by atoms with Crippen LogP contribution in [0, 0.1) is 5.41 Å². The maximum Gasteiger partial charge on any atom is 0.0616 e. The number of nitrogens with zero attached hydrogens (tertiary/aromatic N) is 1. The predicted octanol–water partition coefficient (Wildman–Crippen LogP) is 6.49. The molecule has 0 amide bonds. The van der Waals surface area contributed by atoms with E-state index in [1.807, 2.05) is 0 Å². The van der Waals surface area contributed by atoms with Crippen LogP contribution < -0.4 is 0 Å². The number of allylic oxidation sites excluding steroid dienone is 3. The number of aromatic nitrogens is 1. The molecule has 1 heterocycles. The lowest BCUT2D eigenvalue weighted by Crippen LogP contribution is -2.37. The SMILES string of the molecule is C[C@]12C=Cc3c4c(n(-c5ccccc5)c3C=C1)-c1ccccc1[C@@]2(C)C=C4. The zero-order chi connectivity index (χ0) is 18.2. The third kappa shape index (κ3) is 1.70. The first kappa shape index (κ1) is 15.0. The lowest BCUT2D eigenvalue weighted by molar-refractivity contribution is 0.357. The van der Waals surface area contributed by atoms with Gasteiger partial charge in [0.15, 0.2) is 0 Å². The molecule has 2 atom stereocenters. The minimum atomic E-state index is -0.0999. The van der Waals surface area contributed by atoms with Crippen LogP contribution in [0.25, 0.3) is 35.2 Å². The smallest absolute Gasteiger partial charge is 0.0616 e. The second-order valence-corrected chi connectivity index (χ2v) is 8.26. The van der Waals surface area contributed by atoms with Crippen molar-refractivity contribution in [1.82, 2.24) is 4.57 Å². The van der Waals surface area contributed by atoms with Crippen molar-refractivity contribution in [2.75, 3.05) is 0 Å². The van der Waals surface area contributed by atoms with Gasteiger partial charge in [-0.1, -0.05) is 86.7 Å². The molecule has 0 unspecified atom stereocenters. The Morgan fingerprint density at radius 3 is 2.26 bits per heavy atom. The summed E-state index contributed by atoms with van der Waals surface area (Å²) in [5.74, 6) is 0. The molecule has 0 aliphatic heterocycles. The van der Waals surface area contributed by atoms with E-state index in [9.17, 15) is 0 Å². The minimum absolute atomic E-state index is 0.0831. The second-order valence-electron chi connectivity index (χ2n) is 8.26. The number of rotatable bonds is 1. The minimum Gasteiger partial charge on any atom is -0.309 e. The third-order valence-electron chi connectivity index (χ3n) is 6.93. The molecule has 1 heteroatoms. The summed E-state index contributed by atoms with van der Waals surface area (Å²) in [6.07, 6.45) is 14.3. The van der Waals surface area contributed by atoms with E-state index in [0.717, 1.165) is 0 Å². The van der Waals surface area contributed by atoms with Crippen molar-refractivity contribution in [1.29, 1.82) is 0 Å². The Hall–Kier alpha value is -3.06. The Labute approximate surface area is 160 Å². The average Bonchev–Trinajstić information content (AvgIpc) is 2.85. The molecule has 6 rings (SSSR count). The molecule has 0 saturated heterocycles. The standard InChI is InChI=1S/C26H21N/c1-25-15-12-19-20-13-17-26(25,2)22-11-7-6-10-21(22)24(20)27(23(19)14-16-25)18-8-4-3-5-9-18/h3-17H,1-2H3/t25-,26+/m0/s1. The van der Waals surface area contributed by atoms with Crippen LogP contribution in [0.3, 0.4) is 0 Å². The highest BCUT2D eigenvalue weighted by atomic mass is 15.0. The normalized spacial score (nSPS) is 26.0. The number of para-hydroxylation sites is 1. The predicted molar refractivity (Wildman–Crippen MR) is 114 cm³/mol. The molecule has 3 aromatic rings. The van der Waals surface area contributed by atoms with Crippen LogP contribution in [0.2, 0.25) is 0 Å². The molecule has 0 N–H and O–H groups in total. The Morgan fingerprint density at radius 2 is 1.41 bits per heavy atom. The van der Waals surface area contributed by atoms with E-state index < -0.39 is 0 Å². The van der Waals surface area contributed by atoms with Gasteiger partial charge in [-0.25, -0.2) is 0 Å². The molecule has 0 saturated carbocycles.